The van der Waals surface area contributed by atoms with Crippen LogP contribution in [-0.4, -0.2) is 6.54 Å². The molecule has 4 heteroatoms. The maximum absolute atomic E-state index is 5.89. The summed E-state index contributed by atoms with van der Waals surface area (Å²) in [5.41, 5.74) is 2.20. The van der Waals surface area contributed by atoms with Gasteiger partial charge in [-0.25, -0.2) is 0 Å². The average molecular weight is 396 g/mol. The predicted molar refractivity (Wildman–Crippen MR) is 118 cm³/mol. The lowest BCUT2D eigenvalue weighted by Gasteiger charge is -2.09. The van der Waals surface area contributed by atoms with Crippen LogP contribution in [0, 0.1) is 29.1 Å². The van der Waals surface area contributed by atoms with Gasteiger partial charge in [0.25, 0.3) is 0 Å². The van der Waals surface area contributed by atoms with E-state index in [4.69, 9.17) is 4.74 Å². The Hall–Kier alpha value is -1.98. The Morgan fingerprint density at radius 1 is 0.963 bits per heavy atom. The van der Waals surface area contributed by atoms with E-state index >= 15 is 0 Å². The van der Waals surface area contributed by atoms with E-state index in [0.717, 1.165) is 33.2 Å². The lowest BCUT2D eigenvalue weighted by atomic mass is 9.98. The number of hydrogen-bond donors (Lipinski definition) is 3. The fourth-order valence-electron chi connectivity index (χ4n) is 2.15. The fraction of sp³-hybridized carbons (Fsp3) is 0.304. The molecule has 0 unspecified atom stereocenters. The molecule has 140 valence electrons. The highest BCUT2D eigenvalue weighted by Gasteiger charge is 2.02. The van der Waals surface area contributed by atoms with E-state index in [1.165, 1.54) is 0 Å². The number of benzene rings is 2. The van der Waals surface area contributed by atoms with Crippen LogP contribution in [0.5, 0.6) is 5.75 Å². The van der Waals surface area contributed by atoms with Crippen molar-refractivity contribution in [2.24, 2.45) is 5.41 Å². The molecule has 0 radical (unpaired) electrons. The lowest BCUT2D eigenvalue weighted by molar-refractivity contribution is 0.305. The molecule has 2 nitrogen and oxygen atoms in total. The third-order valence-electron chi connectivity index (χ3n) is 3.47. The van der Waals surface area contributed by atoms with E-state index in [9.17, 15) is 0 Å². The van der Waals surface area contributed by atoms with Gasteiger partial charge in [0.15, 0.2) is 0 Å². The molecule has 0 aliphatic carbocycles. The molecule has 27 heavy (non-hydrogen) atoms. The van der Waals surface area contributed by atoms with Crippen molar-refractivity contribution in [3.63, 3.8) is 0 Å². The van der Waals surface area contributed by atoms with Gasteiger partial charge in [-0.05, 0) is 68.0 Å². The lowest BCUT2D eigenvalue weighted by Crippen LogP contribution is -2.13. The second-order valence-corrected chi connectivity index (χ2v) is 8.13. The Morgan fingerprint density at radius 2 is 1.78 bits per heavy atom. The summed E-state index contributed by atoms with van der Waals surface area (Å²) in [6.07, 6.45) is 0. The molecule has 1 N–H and O–H groups in total. The van der Waals surface area contributed by atoms with Crippen LogP contribution in [0.3, 0.4) is 0 Å². The molecule has 0 spiro atoms. The minimum absolute atomic E-state index is 0.00818. The van der Waals surface area contributed by atoms with Crippen LogP contribution in [0.15, 0.2) is 52.3 Å². The number of rotatable bonds is 6. The number of ether oxygens (including phenoxy) is 1. The van der Waals surface area contributed by atoms with Crippen LogP contribution < -0.4 is 10.1 Å². The largest absolute Gasteiger partial charge is 0.489 e. The standard InChI is InChI=1S/C23H25NOS2/c1-23(2,3)12-5-4-6-13-24-16-18-8-7-9-20(14-18)25-17-19-10-11-21(26)22(27)15-19/h7-11,14-15,24,26-27H,13,16-17H2,1-3H3. The molecular formula is C23H25NOS2. The van der Waals surface area contributed by atoms with Crippen LogP contribution in [0.4, 0.5) is 0 Å². The molecule has 2 aromatic carbocycles. The van der Waals surface area contributed by atoms with Crippen molar-refractivity contribution in [1.29, 1.82) is 0 Å². The third kappa shape index (κ3) is 8.50. The molecule has 0 bridgehead atoms. The van der Waals surface area contributed by atoms with E-state index in [-0.39, 0.29) is 5.41 Å². The first-order valence-corrected chi connectivity index (χ1v) is 9.66. The van der Waals surface area contributed by atoms with Gasteiger partial charge < -0.3 is 10.1 Å². The van der Waals surface area contributed by atoms with Gasteiger partial charge in [-0.1, -0.05) is 30.0 Å². The summed E-state index contributed by atoms with van der Waals surface area (Å²) >= 11 is 8.71. The SMILES string of the molecule is CC(C)(C)C#CC#CCNCc1cccc(OCc2ccc(S)c(S)c2)c1. The van der Waals surface area contributed by atoms with Gasteiger partial charge in [-0.3, -0.25) is 0 Å². The normalized spacial score (nSPS) is 10.4. The molecule has 0 aliphatic heterocycles. The maximum Gasteiger partial charge on any atom is 0.120 e. The van der Waals surface area contributed by atoms with Crippen LogP contribution in [0.2, 0.25) is 0 Å². The quantitative estimate of drug-likeness (QED) is 0.364. The van der Waals surface area contributed by atoms with Crippen LogP contribution in [0.25, 0.3) is 0 Å². The van der Waals surface area contributed by atoms with Crippen molar-refractivity contribution < 1.29 is 4.74 Å². The second kappa shape index (κ2) is 10.4. The highest BCUT2D eigenvalue weighted by Crippen LogP contribution is 2.21. The van der Waals surface area contributed by atoms with Gasteiger partial charge >= 0.3 is 0 Å². The highest BCUT2D eigenvalue weighted by molar-refractivity contribution is 7.83. The van der Waals surface area contributed by atoms with E-state index in [1.807, 2.05) is 36.4 Å². The first-order chi connectivity index (χ1) is 12.8. The Morgan fingerprint density at radius 3 is 2.52 bits per heavy atom. The molecule has 2 aromatic rings. The van der Waals surface area contributed by atoms with Crippen LogP contribution in [0.1, 0.15) is 31.9 Å². The fourth-order valence-corrected chi connectivity index (χ4v) is 2.53. The Labute approximate surface area is 173 Å². The number of nitrogens with one attached hydrogen (secondary N) is 1. The van der Waals surface area contributed by atoms with Gasteiger partial charge in [0.2, 0.25) is 0 Å². The van der Waals surface area contributed by atoms with Crippen molar-refractivity contribution in [3.05, 3.63) is 53.6 Å². The van der Waals surface area contributed by atoms with Gasteiger partial charge in [-0.2, -0.15) is 0 Å². The monoisotopic (exact) mass is 395 g/mol. The minimum Gasteiger partial charge on any atom is -0.489 e. The zero-order valence-electron chi connectivity index (χ0n) is 16.0. The van der Waals surface area contributed by atoms with Gasteiger partial charge in [0.05, 0.1) is 6.54 Å². The van der Waals surface area contributed by atoms with Crippen molar-refractivity contribution >= 4 is 25.3 Å². The molecule has 0 heterocycles. The van der Waals surface area contributed by atoms with Crippen molar-refractivity contribution in [2.45, 2.75) is 43.7 Å². The molecule has 0 aliphatic rings. The molecule has 0 aromatic heterocycles. The minimum atomic E-state index is -0.00818. The van der Waals surface area contributed by atoms with Crippen molar-refractivity contribution in [2.75, 3.05) is 6.54 Å². The van der Waals surface area contributed by atoms with Gasteiger partial charge in [0.1, 0.15) is 12.4 Å². The zero-order chi connectivity index (χ0) is 19.7. The topological polar surface area (TPSA) is 21.3 Å². The maximum atomic E-state index is 5.89. The summed E-state index contributed by atoms with van der Waals surface area (Å²) in [4.78, 5) is 1.72. The third-order valence-corrected chi connectivity index (χ3v) is 4.41. The van der Waals surface area contributed by atoms with E-state index in [2.05, 4.69) is 81.1 Å². The first-order valence-electron chi connectivity index (χ1n) is 8.77. The van der Waals surface area contributed by atoms with E-state index in [1.54, 1.807) is 0 Å². The molecule has 2 rings (SSSR count). The summed E-state index contributed by atoms with van der Waals surface area (Å²) in [6.45, 7) is 8.04. The predicted octanol–water partition coefficient (Wildman–Crippen LogP) is 4.99. The summed E-state index contributed by atoms with van der Waals surface area (Å²) in [7, 11) is 0. The molecule has 0 amide bonds. The summed E-state index contributed by atoms with van der Waals surface area (Å²) in [5.74, 6) is 12.7. The highest BCUT2D eigenvalue weighted by atomic mass is 32.1. The Kier molecular flexibility index (Phi) is 8.20. The first kappa shape index (κ1) is 21.3. The van der Waals surface area contributed by atoms with Crippen LogP contribution >= 0.6 is 25.3 Å². The van der Waals surface area contributed by atoms with Crippen molar-refractivity contribution in [1.82, 2.24) is 5.32 Å². The number of hydrogen-bond acceptors (Lipinski definition) is 4. The number of thiol groups is 2. The smallest absolute Gasteiger partial charge is 0.120 e. The van der Waals surface area contributed by atoms with Crippen LogP contribution in [-0.2, 0) is 13.2 Å². The molecule has 0 saturated heterocycles. The van der Waals surface area contributed by atoms with Gasteiger partial charge in [0, 0.05) is 21.8 Å². The molecule has 0 fully saturated rings. The molecule has 0 atom stereocenters. The Bertz CT molecular complexity index is 892. The van der Waals surface area contributed by atoms with Crippen molar-refractivity contribution in [3.8, 4) is 29.4 Å². The summed E-state index contributed by atoms with van der Waals surface area (Å²) in [6, 6.07) is 13.9. The summed E-state index contributed by atoms with van der Waals surface area (Å²) < 4.78 is 5.89. The summed E-state index contributed by atoms with van der Waals surface area (Å²) in [5, 5.41) is 3.30. The second-order valence-electron chi connectivity index (χ2n) is 7.16. The van der Waals surface area contributed by atoms with E-state index in [0.29, 0.717) is 13.2 Å². The molecular weight excluding hydrogens is 370 g/mol. The Balaban J connectivity index is 1.82. The average Bonchev–Trinajstić information content (AvgIpc) is 2.61. The zero-order valence-corrected chi connectivity index (χ0v) is 17.8. The molecule has 0 saturated carbocycles. The van der Waals surface area contributed by atoms with E-state index < -0.39 is 0 Å². The van der Waals surface area contributed by atoms with Gasteiger partial charge in [-0.15, -0.1) is 25.3 Å².